The summed E-state index contributed by atoms with van der Waals surface area (Å²) >= 11 is 0. The first-order valence-electron chi connectivity index (χ1n) is 7.92. The van der Waals surface area contributed by atoms with E-state index in [-0.39, 0.29) is 0 Å². The summed E-state index contributed by atoms with van der Waals surface area (Å²) in [6, 6.07) is 9.38. The molecule has 3 heteroatoms. The van der Waals surface area contributed by atoms with E-state index in [2.05, 4.69) is 34.5 Å². The Hall–Kier alpha value is -1.06. The van der Waals surface area contributed by atoms with Gasteiger partial charge in [-0.25, -0.2) is 0 Å². The average Bonchev–Trinajstić information content (AvgIpc) is 3.18. The number of nitrogens with zero attached hydrogens (tertiary/aromatic N) is 1. The molecule has 3 rings (SSSR count). The van der Waals surface area contributed by atoms with Crippen LogP contribution < -0.4 is 5.32 Å². The van der Waals surface area contributed by atoms with Gasteiger partial charge in [0.1, 0.15) is 0 Å². The number of methoxy groups -OCH3 is 1. The van der Waals surface area contributed by atoms with Gasteiger partial charge < -0.3 is 10.1 Å². The van der Waals surface area contributed by atoms with Gasteiger partial charge in [-0.2, -0.15) is 0 Å². The van der Waals surface area contributed by atoms with Crippen LogP contribution in [0.15, 0.2) is 24.3 Å². The second kappa shape index (κ2) is 6.59. The van der Waals surface area contributed by atoms with Gasteiger partial charge in [0.25, 0.3) is 0 Å². The maximum Gasteiger partial charge on any atom is 0.0666 e. The van der Waals surface area contributed by atoms with Gasteiger partial charge >= 0.3 is 0 Å². The minimum Gasteiger partial charge on any atom is -0.383 e. The van der Waals surface area contributed by atoms with Crippen molar-refractivity contribution in [3.63, 3.8) is 0 Å². The van der Waals surface area contributed by atoms with Crippen LogP contribution in [0.4, 0.5) is 5.69 Å². The van der Waals surface area contributed by atoms with E-state index in [1.165, 1.54) is 50.0 Å². The van der Waals surface area contributed by atoms with Crippen molar-refractivity contribution in [1.82, 2.24) is 4.90 Å². The second-order valence-corrected chi connectivity index (χ2v) is 6.23. The lowest BCUT2D eigenvalue weighted by molar-refractivity contribution is 0.179. The van der Waals surface area contributed by atoms with Crippen molar-refractivity contribution in [2.24, 2.45) is 5.92 Å². The van der Waals surface area contributed by atoms with Gasteiger partial charge in [-0.3, -0.25) is 4.90 Å². The molecular formula is C17H26N2O. The first kappa shape index (κ1) is 13.9. The van der Waals surface area contributed by atoms with Crippen molar-refractivity contribution >= 4 is 5.69 Å². The summed E-state index contributed by atoms with van der Waals surface area (Å²) in [6.07, 6.45) is 5.40. The Labute approximate surface area is 122 Å². The van der Waals surface area contributed by atoms with Crippen LogP contribution in [0, 0.1) is 5.92 Å². The molecule has 0 aromatic heterocycles. The number of likely N-dealkylation sites (tertiary alicyclic amines) is 1. The number of nitrogens with one attached hydrogen (secondary N) is 1. The number of hydrogen-bond acceptors (Lipinski definition) is 3. The van der Waals surface area contributed by atoms with Crippen LogP contribution >= 0.6 is 0 Å². The van der Waals surface area contributed by atoms with E-state index in [4.69, 9.17) is 4.74 Å². The molecule has 1 saturated heterocycles. The first-order valence-corrected chi connectivity index (χ1v) is 7.92. The lowest BCUT2D eigenvalue weighted by Gasteiger charge is -2.20. The molecule has 1 atom stereocenters. The normalized spacial score (nSPS) is 21.1. The molecule has 1 aliphatic heterocycles. The number of benzene rings is 1. The fraction of sp³-hybridized carbons (Fsp3) is 0.647. The highest BCUT2D eigenvalue weighted by Crippen LogP contribution is 2.34. The summed E-state index contributed by atoms with van der Waals surface area (Å²) < 4.78 is 5.34. The number of hydrogen-bond donors (Lipinski definition) is 1. The van der Waals surface area contributed by atoms with E-state index in [0.717, 1.165) is 19.1 Å². The molecule has 2 aliphatic rings. The topological polar surface area (TPSA) is 24.5 Å². The Kier molecular flexibility index (Phi) is 4.58. The van der Waals surface area contributed by atoms with Gasteiger partial charge in [-0.1, -0.05) is 12.1 Å². The van der Waals surface area contributed by atoms with Gasteiger partial charge in [0, 0.05) is 19.3 Å². The zero-order chi connectivity index (χ0) is 13.8. The van der Waals surface area contributed by atoms with E-state index in [1.54, 1.807) is 7.11 Å². The Balaban J connectivity index is 1.60. The summed E-state index contributed by atoms with van der Waals surface area (Å²) in [5.41, 5.74) is 2.67. The monoisotopic (exact) mass is 274 g/mol. The minimum absolute atomic E-state index is 0.474. The molecule has 1 aliphatic carbocycles. The van der Waals surface area contributed by atoms with Crippen LogP contribution in [0.2, 0.25) is 0 Å². The predicted molar refractivity (Wildman–Crippen MR) is 83.0 cm³/mol. The molecule has 0 bridgehead atoms. The fourth-order valence-corrected chi connectivity index (χ4v) is 3.15. The molecule has 0 spiro atoms. The van der Waals surface area contributed by atoms with Gasteiger partial charge in [0.2, 0.25) is 0 Å². The summed E-state index contributed by atoms with van der Waals surface area (Å²) in [5, 5.41) is 3.66. The Morgan fingerprint density at radius 1 is 1.30 bits per heavy atom. The third-order valence-electron chi connectivity index (χ3n) is 4.42. The lowest BCUT2D eigenvalue weighted by Crippen LogP contribution is -2.27. The largest absolute Gasteiger partial charge is 0.383 e. The standard InChI is InChI=1S/C17H26N2O/c1-20-13-17(15-7-8-15)18-16-6-4-5-14(11-16)12-19-9-2-3-10-19/h4-6,11,15,17-18H,2-3,7-10,12-13H2,1H3. The summed E-state index contributed by atoms with van der Waals surface area (Å²) in [7, 11) is 1.79. The van der Waals surface area contributed by atoms with Crippen LogP contribution in [0.3, 0.4) is 0 Å². The summed E-state index contributed by atoms with van der Waals surface area (Å²) in [6.45, 7) is 4.41. The van der Waals surface area contributed by atoms with E-state index in [1.807, 2.05) is 0 Å². The van der Waals surface area contributed by atoms with Gasteiger partial charge in [-0.15, -0.1) is 0 Å². The maximum absolute atomic E-state index is 5.34. The highest BCUT2D eigenvalue weighted by atomic mass is 16.5. The van der Waals surface area contributed by atoms with Crippen LogP contribution in [0.25, 0.3) is 0 Å². The molecule has 110 valence electrons. The van der Waals surface area contributed by atoms with Gasteiger partial charge in [-0.05, 0) is 62.4 Å². The molecule has 1 N–H and O–H groups in total. The zero-order valence-electron chi connectivity index (χ0n) is 12.5. The van der Waals surface area contributed by atoms with Crippen LogP contribution in [-0.4, -0.2) is 37.7 Å². The van der Waals surface area contributed by atoms with Gasteiger partial charge in [0.05, 0.1) is 12.6 Å². The van der Waals surface area contributed by atoms with E-state index >= 15 is 0 Å². The maximum atomic E-state index is 5.34. The molecule has 20 heavy (non-hydrogen) atoms. The lowest BCUT2D eigenvalue weighted by atomic mass is 10.1. The fourth-order valence-electron chi connectivity index (χ4n) is 3.15. The quantitative estimate of drug-likeness (QED) is 0.827. The average molecular weight is 274 g/mol. The van der Waals surface area contributed by atoms with Crippen LogP contribution in [0.1, 0.15) is 31.2 Å². The van der Waals surface area contributed by atoms with Crippen molar-refractivity contribution in [2.75, 3.05) is 32.1 Å². The number of anilines is 1. The van der Waals surface area contributed by atoms with E-state index < -0.39 is 0 Å². The zero-order valence-corrected chi connectivity index (χ0v) is 12.5. The molecular weight excluding hydrogens is 248 g/mol. The molecule has 1 aromatic carbocycles. The van der Waals surface area contributed by atoms with Crippen LogP contribution in [0.5, 0.6) is 0 Å². The summed E-state index contributed by atoms with van der Waals surface area (Å²) in [4.78, 5) is 2.55. The highest BCUT2D eigenvalue weighted by Gasteiger charge is 2.31. The van der Waals surface area contributed by atoms with Crippen molar-refractivity contribution in [1.29, 1.82) is 0 Å². The SMILES string of the molecule is COCC(Nc1cccc(CN2CCCC2)c1)C1CC1. The summed E-state index contributed by atoms with van der Waals surface area (Å²) in [5.74, 6) is 0.803. The molecule has 0 radical (unpaired) electrons. The van der Waals surface area contributed by atoms with Gasteiger partial charge in [0.15, 0.2) is 0 Å². The van der Waals surface area contributed by atoms with Crippen LogP contribution in [-0.2, 0) is 11.3 Å². The van der Waals surface area contributed by atoms with Crippen molar-refractivity contribution < 1.29 is 4.74 Å². The third-order valence-corrected chi connectivity index (χ3v) is 4.42. The Morgan fingerprint density at radius 3 is 2.80 bits per heavy atom. The Bertz CT molecular complexity index is 425. The number of rotatable bonds is 7. The molecule has 1 unspecified atom stereocenters. The van der Waals surface area contributed by atoms with E-state index in [9.17, 15) is 0 Å². The molecule has 3 nitrogen and oxygen atoms in total. The molecule has 0 amide bonds. The minimum atomic E-state index is 0.474. The first-order chi connectivity index (χ1) is 9.85. The number of ether oxygens (including phenoxy) is 1. The van der Waals surface area contributed by atoms with Crippen molar-refractivity contribution in [2.45, 2.75) is 38.3 Å². The predicted octanol–water partition coefficient (Wildman–Crippen LogP) is 3.12. The van der Waals surface area contributed by atoms with Crippen molar-refractivity contribution in [3.8, 4) is 0 Å². The molecule has 2 fully saturated rings. The highest BCUT2D eigenvalue weighted by molar-refractivity contribution is 5.47. The second-order valence-electron chi connectivity index (χ2n) is 6.23. The molecule has 1 heterocycles. The Morgan fingerprint density at radius 2 is 2.10 bits per heavy atom. The molecule has 1 aromatic rings. The van der Waals surface area contributed by atoms with Crippen molar-refractivity contribution in [3.05, 3.63) is 29.8 Å². The smallest absolute Gasteiger partial charge is 0.0666 e. The third kappa shape index (κ3) is 3.74. The molecule has 1 saturated carbocycles. The van der Waals surface area contributed by atoms with E-state index in [0.29, 0.717) is 6.04 Å².